The highest BCUT2D eigenvalue weighted by Crippen LogP contribution is 2.35. The maximum Gasteiger partial charge on any atom is 0.166 e. The molecule has 1 aliphatic heterocycles. The SMILES string of the molecule is Fc1c(Nc2ncnc3ccc(C4(F)CNC4)cc23)ccc(Cl)c1Cl. The molecule has 0 atom stereocenters. The molecule has 0 spiro atoms. The van der Waals surface area contributed by atoms with Crippen molar-refractivity contribution in [2.45, 2.75) is 5.67 Å². The smallest absolute Gasteiger partial charge is 0.166 e. The molecule has 0 unspecified atom stereocenters. The van der Waals surface area contributed by atoms with Gasteiger partial charge in [-0.05, 0) is 29.8 Å². The van der Waals surface area contributed by atoms with Crippen LogP contribution in [0.25, 0.3) is 10.9 Å². The number of hydrogen-bond acceptors (Lipinski definition) is 4. The number of halogens is 4. The van der Waals surface area contributed by atoms with E-state index in [1.54, 1.807) is 18.2 Å². The van der Waals surface area contributed by atoms with Crippen LogP contribution in [0.2, 0.25) is 10.0 Å². The molecule has 0 bridgehead atoms. The number of nitrogens with one attached hydrogen (secondary N) is 2. The van der Waals surface area contributed by atoms with Crippen LogP contribution in [0.3, 0.4) is 0 Å². The predicted molar refractivity (Wildman–Crippen MR) is 94.9 cm³/mol. The van der Waals surface area contributed by atoms with E-state index in [9.17, 15) is 8.78 Å². The topological polar surface area (TPSA) is 49.8 Å². The fraction of sp³-hybridized carbons (Fsp3) is 0.176. The number of aromatic nitrogens is 2. The van der Waals surface area contributed by atoms with Crippen molar-refractivity contribution < 1.29 is 8.78 Å². The Morgan fingerprint density at radius 3 is 2.64 bits per heavy atom. The summed E-state index contributed by atoms with van der Waals surface area (Å²) in [5.41, 5.74) is -0.125. The van der Waals surface area contributed by atoms with E-state index in [0.29, 0.717) is 22.3 Å². The monoisotopic (exact) mass is 380 g/mol. The number of fused-ring (bicyclic) bond motifs is 1. The molecule has 3 aromatic rings. The van der Waals surface area contributed by atoms with E-state index in [1.807, 2.05) is 0 Å². The standard InChI is InChI=1S/C17H12Cl2F2N4/c18-11-2-4-13(15(20)14(11)19)25-16-10-5-9(17(21)6-22-7-17)1-3-12(10)23-8-24-16/h1-5,8,22H,6-7H2,(H,23,24,25). The van der Waals surface area contributed by atoms with Crippen LogP contribution in [-0.2, 0) is 5.67 Å². The average Bonchev–Trinajstić information content (AvgIpc) is 2.60. The van der Waals surface area contributed by atoms with Gasteiger partial charge in [0, 0.05) is 18.5 Å². The molecule has 2 heterocycles. The minimum absolute atomic E-state index is 0.122. The number of rotatable bonds is 3. The lowest BCUT2D eigenvalue weighted by Gasteiger charge is -2.35. The molecular weight excluding hydrogens is 369 g/mol. The summed E-state index contributed by atoms with van der Waals surface area (Å²) in [6.07, 6.45) is 1.36. The van der Waals surface area contributed by atoms with E-state index in [0.717, 1.165) is 0 Å². The minimum atomic E-state index is -1.41. The summed E-state index contributed by atoms with van der Waals surface area (Å²) in [6, 6.07) is 8.07. The average molecular weight is 381 g/mol. The van der Waals surface area contributed by atoms with Gasteiger partial charge in [0.25, 0.3) is 0 Å². The minimum Gasteiger partial charge on any atom is -0.337 e. The van der Waals surface area contributed by atoms with Crippen molar-refractivity contribution in [3.05, 3.63) is 58.1 Å². The lowest BCUT2D eigenvalue weighted by atomic mass is 9.89. The molecule has 128 valence electrons. The van der Waals surface area contributed by atoms with Gasteiger partial charge in [0.15, 0.2) is 11.5 Å². The van der Waals surface area contributed by atoms with Crippen LogP contribution in [0.5, 0.6) is 0 Å². The third kappa shape index (κ3) is 2.80. The largest absolute Gasteiger partial charge is 0.337 e. The van der Waals surface area contributed by atoms with E-state index >= 15 is 0 Å². The highest BCUT2D eigenvalue weighted by Gasteiger charge is 2.39. The number of nitrogens with zero attached hydrogens (tertiary/aromatic N) is 2. The van der Waals surface area contributed by atoms with Crippen LogP contribution in [0.15, 0.2) is 36.7 Å². The maximum atomic E-state index is 14.7. The fourth-order valence-corrected chi connectivity index (χ4v) is 3.04. The summed E-state index contributed by atoms with van der Waals surface area (Å²) in [7, 11) is 0. The van der Waals surface area contributed by atoms with Gasteiger partial charge in [0.1, 0.15) is 12.1 Å². The second kappa shape index (κ2) is 6.05. The van der Waals surface area contributed by atoms with Crippen molar-refractivity contribution in [1.29, 1.82) is 0 Å². The highest BCUT2D eigenvalue weighted by molar-refractivity contribution is 6.42. The van der Waals surface area contributed by atoms with Crippen molar-refractivity contribution in [3.63, 3.8) is 0 Å². The molecule has 0 radical (unpaired) electrons. The van der Waals surface area contributed by atoms with Gasteiger partial charge < -0.3 is 10.6 Å². The molecule has 4 nitrogen and oxygen atoms in total. The van der Waals surface area contributed by atoms with Crippen LogP contribution in [0.4, 0.5) is 20.3 Å². The second-order valence-corrected chi connectivity index (χ2v) is 6.66. The summed E-state index contributed by atoms with van der Waals surface area (Å²) in [6.45, 7) is 0.521. The zero-order valence-corrected chi connectivity index (χ0v) is 14.3. The van der Waals surface area contributed by atoms with Crippen molar-refractivity contribution in [2.75, 3.05) is 18.4 Å². The molecule has 2 aromatic carbocycles. The first-order chi connectivity index (χ1) is 12.0. The Balaban J connectivity index is 1.79. The number of anilines is 2. The number of hydrogen-bond donors (Lipinski definition) is 2. The first-order valence-electron chi connectivity index (χ1n) is 7.53. The highest BCUT2D eigenvalue weighted by atomic mass is 35.5. The zero-order chi connectivity index (χ0) is 17.6. The second-order valence-electron chi connectivity index (χ2n) is 5.87. The molecule has 1 aromatic heterocycles. The quantitative estimate of drug-likeness (QED) is 0.652. The molecule has 0 amide bonds. The van der Waals surface area contributed by atoms with E-state index in [1.165, 1.54) is 18.5 Å². The van der Waals surface area contributed by atoms with Gasteiger partial charge in [-0.25, -0.2) is 18.7 Å². The van der Waals surface area contributed by atoms with E-state index in [2.05, 4.69) is 20.6 Å². The van der Waals surface area contributed by atoms with Gasteiger partial charge in [-0.1, -0.05) is 29.3 Å². The lowest BCUT2D eigenvalue weighted by Crippen LogP contribution is -2.53. The van der Waals surface area contributed by atoms with Gasteiger partial charge in [-0.2, -0.15) is 0 Å². The molecule has 8 heteroatoms. The summed E-state index contributed by atoms with van der Waals surface area (Å²) in [5.74, 6) is -0.317. The Hall–Kier alpha value is -2.02. The van der Waals surface area contributed by atoms with Crippen molar-refractivity contribution in [3.8, 4) is 0 Å². The summed E-state index contributed by atoms with van der Waals surface area (Å²) in [4.78, 5) is 8.33. The van der Waals surface area contributed by atoms with Gasteiger partial charge in [-0.15, -0.1) is 0 Å². The van der Waals surface area contributed by atoms with Crippen LogP contribution in [0, 0.1) is 5.82 Å². The van der Waals surface area contributed by atoms with E-state index in [4.69, 9.17) is 23.2 Å². The van der Waals surface area contributed by atoms with Crippen molar-refractivity contribution in [1.82, 2.24) is 15.3 Å². The predicted octanol–water partition coefficient (Wildman–Crippen LogP) is 4.59. The normalized spacial score (nSPS) is 15.8. The van der Waals surface area contributed by atoms with Crippen LogP contribution < -0.4 is 10.6 Å². The summed E-state index contributed by atoms with van der Waals surface area (Å²) in [5, 5.41) is 6.36. The van der Waals surface area contributed by atoms with Crippen LogP contribution in [-0.4, -0.2) is 23.1 Å². The third-order valence-electron chi connectivity index (χ3n) is 4.25. The molecule has 1 fully saturated rings. The lowest BCUT2D eigenvalue weighted by molar-refractivity contribution is 0.0893. The van der Waals surface area contributed by atoms with Gasteiger partial charge in [0.05, 0.1) is 21.2 Å². The van der Waals surface area contributed by atoms with Crippen LogP contribution >= 0.6 is 23.2 Å². The third-order valence-corrected chi connectivity index (χ3v) is 5.03. The Bertz CT molecular complexity index is 976. The molecule has 0 aliphatic carbocycles. The summed E-state index contributed by atoms with van der Waals surface area (Å²) < 4.78 is 29.0. The Morgan fingerprint density at radius 1 is 1.12 bits per heavy atom. The zero-order valence-electron chi connectivity index (χ0n) is 12.8. The number of benzene rings is 2. The molecule has 1 aliphatic rings. The number of alkyl halides is 1. The Morgan fingerprint density at radius 2 is 1.92 bits per heavy atom. The van der Waals surface area contributed by atoms with Crippen molar-refractivity contribution in [2.24, 2.45) is 0 Å². The first kappa shape index (κ1) is 16.4. The van der Waals surface area contributed by atoms with Gasteiger partial charge in [-0.3, -0.25) is 0 Å². The van der Waals surface area contributed by atoms with E-state index < -0.39 is 11.5 Å². The van der Waals surface area contributed by atoms with Crippen LogP contribution in [0.1, 0.15) is 5.56 Å². The Labute approximate surface area is 152 Å². The summed E-state index contributed by atoms with van der Waals surface area (Å²) >= 11 is 11.6. The first-order valence-corrected chi connectivity index (χ1v) is 8.29. The van der Waals surface area contributed by atoms with Gasteiger partial charge >= 0.3 is 0 Å². The van der Waals surface area contributed by atoms with Gasteiger partial charge in [0.2, 0.25) is 0 Å². The fourth-order valence-electron chi connectivity index (χ4n) is 2.73. The molecule has 4 rings (SSSR count). The van der Waals surface area contributed by atoms with Crippen molar-refractivity contribution >= 4 is 45.6 Å². The maximum absolute atomic E-state index is 14.7. The molecule has 1 saturated heterocycles. The molecule has 25 heavy (non-hydrogen) atoms. The molecule has 2 N–H and O–H groups in total. The van der Waals surface area contributed by atoms with E-state index in [-0.39, 0.29) is 28.8 Å². The Kier molecular flexibility index (Phi) is 3.98. The molecule has 0 saturated carbocycles. The molecular formula is C17H12Cl2F2N4.